The molecule has 0 aromatic carbocycles. The molecule has 0 amide bonds. The van der Waals surface area contributed by atoms with Crippen molar-refractivity contribution in [2.45, 2.75) is 0 Å². The van der Waals surface area contributed by atoms with Gasteiger partial charge in [0.2, 0.25) is 0 Å². The van der Waals surface area contributed by atoms with Gasteiger partial charge in [0.05, 0.1) is 0 Å². The predicted molar refractivity (Wildman–Crippen MR) is 35.2 cm³/mol. The second-order valence-corrected chi connectivity index (χ2v) is 1.85. The third kappa shape index (κ3) is 1.34. The van der Waals surface area contributed by atoms with Crippen LogP contribution in [0.15, 0.2) is 12.1 Å². The van der Waals surface area contributed by atoms with Gasteiger partial charge in [-0.1, -0.05) is 0 Å². The predicted octanol–water partition coefficient (Wildman–Crippen LogP) is -1.23. The second kappa shape index (κ2) is 2.41. The van der Waals surface area contributed by atoms with E-state index in [1.165, 1.54) is 12.1 Å². The van der Waals surface area contributed by atoms with Gasteiger partial charge >= 0.3 is 5.97 Å². The van der Waals surface area contributed by atoms with E-state index in [4.69, 9.17) is 16.4 Å². The van der Waals surface area contributed by atoms with Crippen LogP contribution in [0.1, 0.15) is 10.5 Å². The van der Waals surface area contributed by atoms with Gasteiger partial charge in [-0.05, 0) is 12.1 Å². The first-order valence-electron chi connectivity index (χ1n) is 2.74. The summed E-state index contributed by atoms with van der Waals surface area (Å²) in [4.78, 5) is 11.0. The summed E-state index contributed by atoms with van der Waals surface area (Å²) in [6, 6.07) is 2.48. The summed E-state index contributed by atoms with van der Waals surface area (Å²) < 4.78 is 0. The molecule has 0 fully saturated rings. The SMILES string of the molecule is N=c1ccc(C(=O)O)nn1N. The van der Waals surface area contributed by atoms with E-state index in [0.717, 1.165) is 0 Å². The van der Waals surface area contributed by atoms with E-state index in [0.29, 0.717) is 4.79 Å². The molecule has 6 heteroatoms. The highest BCUT2D eigenvalue weighted by molar-refractivity contribution is 5.84. The Hall–Kier alpha value is -1.85. The maximum Gasteiger partial charge on any atom is 0.356 e. The summed E-state index contributed by atoms with van der Waals surface area (Å²) in [5.41, 5.74) is -0.224. The van der Waals surface area contributed by atoms with E-state index in [1.54, 1.807) is 0 Å². The lowest BCUT2D eigenvalue weighted by molar-refractivity contribution is 0.0688. The maximum absolute atomic E-state index is 10.3. The van der Waals surface area contributed by atoms with Crippen molar-refractivity contribution >= 4 is 5.97 Å². The van der Waals surface area contributed by atoms with Crippen molar-refractivity contribution < 1.29 is 9.90 Å². The minimum atomic E-state index is -1.16. The lowest BCUT2D eigenvalue weighted by Gasteiger charge is -1.97. The van der Waals surface area contributed by atoms with Crippen LogP contribution in [0.2, 0.25) is 0 Å². The molecule has 4 N–H and O–H groups in total. The summed E-state index contributed by atoms with van der Waals surface area (Å²) in [6.45, 7) is 0. The zero-order valence-corrected chi connectivity index (χ0v) is 5.48. The number of carboxylic acid groups (broad SMARTS) is 1. The first-order valence-corrected chi connectivity index (χ1v) is 2.74. The summed E-state index contributed by atoms with van der Waals surface area (Å²) in [6.07, 6.45) is 0. The molecule has 0 bridgehead atoms. The third-order valence-corrected chi connectivity index (χ3v) is 1.08. The van der Waals surface area contributed by atoms with Crippen LogP contribution in [0.3, 0.4) is 0 Å². The van der Waals surface area contributed by atoms with Crippen molar-refractivity contribution in [3.8, 4) is 0 Å². The third-order valence-electron chi connectivity index (χ3n) is 1.08. The normalized spacial score (nSPS) is 9.45. The molecule has 6 nitrogen and oxygen atoms in total. The molecule has 1 aromatic rings. The first kappa shape index (κ1) is 7.26. The molecule has 1 heterocycles. The summed E-state index contributed by atoms with van der Waals surface area (Å²) in [7, 11) is 0. The number of hydrogen-bond acceptors (Lipinski definition) is 4. The Bertz CT molecular complexity index is 343. The van der Waals surface area contributed by atoms with Crippen LogP contribution in [-0.4, -0.2) is 21.0 Å². The van der Waals surface area contributed by atoms with E-state index in [2.05, 4.69) is 5.10 Å². The number of rotatable bonds is 1. The van der Waals surface area contributed by atoms with E-state index in [1.807, 2.05) is 0 Å². The van der Waals surface area contributed by atoms with E-state index in [-0.39, 0.29) is 11.2 Å². The van der Waals surface area contributed by atoms with Crippen LogP contribution in [0, 0.1) is 5.41 Å². The Balaban J connectivity index is 3.26. The van der Waals surface area contributed by atoms with Crippen molar-refractivity contribution in [2.75, 3.05) is 5.84 Å². The minimum absolute atomic E-state index is 0.0463. The Morgan fingerprint density at radius 3 is 2.82 bits per heavy atom. The van der Waals surface area contributed by atoms with Crippen LogP contribution in [0.5, 0.6) is 0 Å². The molecule has 1 aromatic heterocycles. The molecule has 11 heavy (non-hydrogen) atoms. The zero-order valence-electron chi connectivity index (χ0n) is 5.48. The molecule has 1 rings (SSSR count). The average Bonchev–Trinajstić information content (AvgIpc) is 1.94. The van der Waals surface area contributed by atoms with Crippen molar-refractivity contribution in [3.05, 3.63) is 23.3 Å². The minimum Gasteiger partial charge on any atom is -0.476 e. The quantitative estimate of drug-likeness (QED) is 0.440. The van der Waals surface area contributed by atoms with Gasteiger partial charge in [0.15, 0.2) is 11.2 Å². The van der Waals surface area contributed by atoms with E-state index in [9.17, 15) is 4.79 Å². The average molecular weight is 154 g/mol. The summed E-state index contributed by atoms with van der Waals surface area (Å²) in [5, 5.41) is 18.8. The molecule has 0 atom stereocenters. The van der Waals surface area contributed by atoms with Crippen molar-refractivity contribution in [1.29, 1.82) is 5.41 Å². The van der Waals surface area contributed by atoms with Gasteiger partial charge in [0, 0.05) is 0 Å². The molecular formula is C5H6N4O2. The molecule has 0 aliphatic carbocycles. The monoisotopic (exact) mass is 154 g/mol. The van der Waals surface area contributed by atoms with Gasteiger partial charge in [-0.3, -0.25) is 5.41 Å². The molecule has 0 radical (unpaired) electrons. The van der Waals surface area contributed by atoms with Crippen molar-refractivity contribution in [1.82, 2.24) is 9.89 Å². The lowest BCUT2D eigenvalue weighted by Crippen LogP contribution is -2.30. The topological polar surface area (TPSA) is 105 Å². The standard InChI is InChI=1S/C5H6N4O2/c6-4-2-1-3(5(10)11)8-9(4)7/h1-2,6H,7H2,(H,10,11). The van der Waals surface area contributed by atoms with Gasteiger partial charge in [-0.15, -0.1) is 5.10 Å². The first-order chi connectivity index (χ1) is 5.11. The van der Waals surface area contributed by atoms with Gasteiger partial charge in [-0.2, -0.15) is 4.79 Å². The molecule has 0 unspecified atom stereocenters. The Kier molecular flexibility index (Phi) is 1.59. The Morgan fingerprint density at radius 2 is 2.36 bits per heavy atom. The number of carbonyl (C=O) groups is 1. The number of nitrogens with two attached hydrogens (primary N) is 1. The van der Waals surface area contributed by atoms with Gasteiger partial charge in [0.1, 0.15) is 0 Å². The fraction of sp³-hybridized carbons (Fsp3) is 0. The summed E-state index contributed by atoms with van der Waals surface area (Å²) in [5.74, 6) is 3.95. The van der Waals surface area contributed by atoms with Crippen LogP contribution in [0.25, 0.3) is 0 Å². The molecule has 0 aliphatic rings. The van der Waals surface area contributed by atoms with Gasteiger partial charge in [-0.25, -0.2) is 4.79 Å². The number of aromatic nitrogens is 2. The number of carboxylic acids is 1. The van der Waals surface area contributed by atoms with Crippen LogP contribution in [0.4, 0.5) is 0 Å². The zero-order chi connectivity index (χ0) is 8.43. The lowest BCUT2D eigenvalue weighted by atomic mass is 10.4. The number of hydrogen-bond donors (Lipinski definition) is 3. The van der Waals surface area contributed by atoms with Crippen LogP contribution in [-0.2, 0) is 0 Å². The number of nitrogens with one attached hydrogen (secondary N) is 1. The number of aromatic carboxylic acids is 1. The van der Waals surface area contributed by atoms with E-state index < -0.39 is 5.97 Å². The Morgan fingerprint density at radius 1 is 1.73 bits per heavy atom. The highest BCUT2D eigenvalue weighted by Crippen LogP contribution is 1.86. The molecule has 0 aliphatic heterocycles. The molecule has 0 saturated heterocycles. The van der Waals surface area contributed by atoms with Crippen LogP contribution >= 0.6 is 0 Å². The fourth-order valence-corrected chi connectivity index (χ4v) is 0.552. The fourth-order valence-electron chi connectivity index (χ4n) is 0.552. The smallest absolute Gasteiger partial charge is 0.356 e. The number of nitrogen functional groups attached to an aromatic ring is 1. The second-order valence-electron chi connectivity index (χ2n) is 1.85. The van der Waals surface area contributed by atoms with E-state index >= 15 is 0 Å². The van der Waals surface area contributed by atoms with Crippen molar-refractivity contribution in [3.63, 3.8) is 0 Å². The molecular weight excluding hydrogens is 148 g/mol. The summed E-state index contributed by atoms with van der Waals surface area (Å²) >= 11 is 0. The highest BCUT2D eigenvalue weighted by atomic mass is 16.4. The van der Waals surface area contributed by atoms with Gasteiger partial charge < -0.3 is 10.9 Å². The molecule has 58 valence electrons. The number of nitrogens with zero attached hydrogens (tertiary/aromatic N) is 2. The van der Waals surface area contributed by atoms with Crippen LogP contribution < -0.4 is 11.3 Å². The van der Waals surface area contributed by atoms with Gasteiger partial charge in [0.25, 0.3) is 0 Å². The molecule has 0 saturated carbocycles. The largest absolute Gasteiger partial charge is 0.476 e. The maximum atomic E-state index is 10.3. The highest BCUT2D eigenvalue weighted by Gasteiger charge is 2.03. The molecule has 0 spiro atoms. The Labute approximate surface area is 61.4 Å². The van der Waals surface area contributed by atoms with Crippen molar-refractivity contribution in [2.24, 2.45) is 0 Å².